The van der Waals surface area contributed by atoms with Crippen LogP contribution in [-0.4, -0.2) is 31.5 Å². The van der Waals surface area contributed by atoms with Gasteiger partial charge in [-0.25, -0.2) is 23.1 Å². The quantitative estimate of drug-likeness (QED) is 0.830. The molecule has 1 heterocycles. The molecule has 0 aliphatic carbocycles. The van der Waals surface area contributed by atoms with Crippen molar-refractivity contribution in [3.63, 3.8) is 0 Å². The summed E-state index contributed by atoms with van der Waals surface area (Å²) in [5.41, 5.74) is 0.0912. The van der Waals surface area contributed by atoms with Crippen molar-refractivity contribution in [2.75, 3.05) is 18.4 Å². The van der Waals surface area contributed by atoms with Crippen LogP contribution in [0.25, 0.3) is 0 Å². The zero-order valence-electron chi connectivity index (χ0n) is 11.9. The molecule has 2 N–H and O–H groups in total. The molecular weight excluding hydrogens is 264 g/mol. The van der Waals surface area contributed by atoms with Gasteiger partial charge in [-0.3, -0.25) is 0 Å². The van der Waals surface area contributed by atoms with Crippen LogP contribution in [-0.2, 0) is 10.0 Å². The molecule has 0 spiro atoms. The third-order valence-corrected chi connectivity index (χ3v) is 3.86. The monoisotopic (exact) mass is 286 g/mol. The minimum atomic E-state index is -3.52. The molecule has 0 saturated carbocycles. The molecule has 0 radical (unpaired) electrons. The van der Waals surface area contributed by atoms with E-state index in [0.29, 0.717) is 19.0 Å². The minimum absolute atomic E-state index is 0.0862. The van der Waals surface area contributed by atoms with Gasteiger partial charge >= 0.3 is 0 Å². The van der Waals surface area contributed by atoms with E-state index >= 15 is 0 Å². The molecule has 0 fully saturated rings. The smallest absolute Gasteiger partial charge is 0.243 e. The normalized spacial score (nSPS) is 12.4. The van der Waals surface area contributed by atoms with Gasteiger partial charge < -0.3 is 5.32 Å². The molecule has 19 heavy (non-hydrogen) atoms. The number of anilines is 1. The zero-order chi connectivity index (χ0) is 14.5. The van der Waals surface area contributed by atoms with Crippen LogP contribution in [0.3, 0.4) is 0 Å². The van der Waals surface area contributed by atoms with E-state index in [9.17, 15) is 8.42 Å². The zero-order valence-corrected chi connectivity index (χ0v) is 12.7. The van der Waals surface area contributed by atoms with Crippen molar-refractivity contribution < 1.29 is 8.42 Å². The Kier molecular flexibility index (Phi) is 5.25. The molecule has 0 aliphatic rings. The molecule has 0 atom stereocenters. The Balaban J connectivity index is 2.67. The van der Waals surface area contributed by atoms with E-state index in [1.165, 1.54) is 12.4 Å². The maximum Gasteiger partial charge on any atom is 0.243 e. The molecule has 0 amide bonds. The molecule has 0 unspecified atom stereocenters. The Morgan fingerprint density at radius 2 is 1.79 bits per heavy atom. The summed E-state index contributed by atoms with van der Waals surface area (Å²) >= 11 is 0. The lowest BCUT2D eigenvalue weighted by molar-refractivity contribution is 0.378. The maximum absolute atomic E-state index is 12.0. The second-order valence-electron chi connectivity index (χ2n) is 5.48. The summed E-state index contributed by atoms with van der Waals surface area (Å²) in [4.78, 5) is 7.99. The van der Waals surface area contributed by atoms with E-state index in [4.69, 9.17) is 0 Å². The molecule has 0 aromatic carbocycles. The Hall–Kier alpha value is -1.21. The van der Waals surface area contributed by atoms with Crippen LogP contribution in [0.1, 0.15) is 34.1 Å². The van der Waals surface area contributed by atoms with E-state index in [2.05, 4.69) is 40.8 Å². The summed E-state index contributed by atoms with van der Waals surface area (Å²) in [6.45, 7) is 9.21. The van der Waals surface area contributed by atoms with Crippen LogP contribution in [0.15, 0.2) is 17.3 Å². The number of rotatable bonds is 6. The molecule has 1 aromatic heterocycles. The molecule has 1 aromatic rings. The highest BCUT2D eigenvalue weighted by atomic mass is 32.2. The van der Waals surface area contributed by atoms with E-state index in [1.54, 1.807) is 0 Å². The van der Waals surface area contributed by atoms with Gasteiger partial charge in [0.1, 0.15) is 4.90 Å². The molecule has 108 valence electrons. The fraction of sp³-hybridized carbons (Fsp3) is 0.667. The third kappa shape index (κ3) is 5.52. The molecule has 7 heteroatoms. The third-order valence-electron chi connectivity index (χ3n) is 2.44. The second kappa shape index (κ2) is 6.29. The molecular formula is C12H22N4O2S. The number of nitrogens with one attached hydrogen (secondary N) is 2. The molecule has 1 rings (SSSR count). The molecule has 0 aliphatic heterocycles. The van der Waals surface area contributed by atoms with E-state index in [-0.39, 0.29) is 10.3 Å². The lowest BCUT2D eigenvalue weighted by atomic mass is 9.93. The van der Waals surface area contributed by atoms with Crippen molar-refractivity contribution in [2.45, 2.75) is 39.0 Å². The second-order valence-corrected chi connectivity index (χ2v) is 7.25. The summed E-state index contributed by atoms with van der Waals surface area (Å²) in [7, 11) is -3.52. The van der Waals surface area contributed by atoms with Gasteiger partial charge in [-0.15, -0.1) is 0 Å². The predicted molar refractivity (Wildman–Crippen MR) is 75.5 cm³/mol. The topological polar surface area (TPSA) is 84.0 Å². The lowest BCUT2D eigenvalue weighted by Crippen LogP contribution is -2.27. The maximum atomic E-state index is 12.0. The van der Waals surface area contributed by atoms with E-state index in [1.807, 2.05) is 6.92 Å². The van der Waals surface area contributed by atoms with Crippen molar-refractivity contribution in [1.29, 1.82) is 0 Å². The van der Waals surface area contributed by atoms with Gasteiger partial charge in [-0.2, -0.15) is 0 Å². The van der Waals surface area contributed by atoms with Crippen molar-refractivity contribution >= 4 is 16.0 Å². The van der Waals surface area contributed by atoms with Crippen LogP contribution in [0.2, 0.25) is 0 Å². The predicted octanol–water partition coefficient (Wildman–Crippen LogP) is 1.62. The Bertz CT molecular complexity index is 491. The SMILES string of the molecule is CCNc1ncc(S(=O)(=O)NCCC(C)(C)C)cn1. The Morgan fingerprint density at radius 1 is 1.21 bits per heavy atom. The fourth-order valence-electron chi connectivity index (χ4n) is 1.35. The summed E-state index contributed by atoms with van der Waals surface area (Å²) in [5, 5.41) is 2.91. The highest BCUT2D eigenvalue weighted by molar-refractivity contribution is 7.89. The van der Waals surface area contributed by atoms with Gasteiger partial charge in [-0.1, -0.05) is 20.8 Å². The number of hydrogen-bond acceptors (Lipinski definition) is 5. The van der Waals surface area contributed by atoms with Gasteiger partial charge in [-0.05, 0) is 18.8 Å². The standard InChI is InChI=1S/C12H22N4O2S/c1-5-13-11-14-8-10(9-15-11)19(17,18)16-7-6-12(2,3)4/h8-9,16H,5-7H2,1-4H3,(H,13,14,15). The molecule has 0 saturated heterocycles. The van der Waals surface area contributed by atoms with Gasteiger partial charge in [0, 0.05) is 13.1 Å². The first kappa shape index (κ1) is 15.8. The van der Waals surface area contributed by atoms with Gasteiger partial charge in [0.25, 0.3) is 0 Å². The van der Waals surface area contributed by atoms with Crippen LogP contribution in [0.4, 0.5) is 5.95 Å². The summed E-state index contributed by atoms with van der Waals surface area (Å²) in [5.74, 6) is 0.427. The fourth-order valence-corrected chi connectivity index (χ4v) is 2.27. The minimum Gasteiger partial charge on any atom is -0.355 e. The molecule has 0 bridgehead atoms. The summed E-state index contributed by atoms with van der Waals surface area (Å²) in [6.07, 6.45) is 3.39. The number of sulfonamides is 1. The first-order valence-corrected chi connectivity index (χ1v) is 7.78. The van der Waals surface area contributed by atoms with Crippen molar-refractivity contribution in [1.82, 2.24) is 14.7 Å². The van der Waals surface area contributed by atoms with Crippen LogP contribution >= 0.6 is 0 Å². The first-order chi connectivity index (χ1) is 8.74. The van der Waals surface area contributed by atoms with Crippen molar-refractivity contribution in [2.24, 2.45) is 5.41 Å². The summed E-state index contributed by atoms with van der Waals surface area (Å²) in [6, 6.07) is 0. The molecule has 6 nitrogen and oxygen atoms in total. The average molecular weight is 286 g/mol. The van der Waals surface area contributed by atoms with Gasteiger partial charge in [0.15, 0.2) is 0 Å². The summed E-state index contributed by atoms with van der Waals surface area (Å²) < 4.78 is 26.5. The highest BCUT2D eigenvalue weighted by Gasteiger charge is 2.17. The lowest BCUT2D eigenvalue weighted by Gasteiger charge is -2.17. The van der Waals surface area contributed by atoms with E-state index in [0.717, 1.165) is 6.42 Å². The average Bonchev–Trinajstić information content (AvgIpc) is 2.28. The number of hydrogen-bond donors (Lipinski definition) is 2. The van der Waals surface area contributed by atoms with Crippen molar-refractivity contribution in [3.8, 4) is 0 Å². The van der Waals surface area contributed by atoms with Gasteiger partial charge in [0.05, 0.1) is 12.4 Å². The first-order valence-electron chi connectivity index (χ1n) is 6.30. The largest absolute Gasteiger partial charge is 0.355 e. The van der Waals surface area contributed by atoms with Crippen molar-refractivity contribution in [3.05, 3.63) is 12.4 Å². The Morgan fingerprint density at radius 3 is 2.26 bits per heavy atom. The van der Waals surface area contributed by atoms with Crippen LogP contribution in [0, 0.1) is 5.41 Å². The highest BCUT2D eigenvalue weighted by Crippen LogP contribution is 2.17. The number of aromatic nitrogens is 2. The van der Waals surface area contributed by atoms with Crippen LogP contribution in [0.5, 0.6) is 0 Å². The number of nitrogens with zero attached hydrogens (tertiary/aromatic N) is 2. The van der Waals surface area contributed by atoms with Gasteiger partial charge in [0.2, 0.25) is 16.0 Å². The Labute approximate surface area is 115 Å². The van der Waals surface area contributed by atoms with E-state index < -0.39 is 10.0 Å². The van der Waals surface area contributed by atoms with Crippen LogP contribution < -0.4 is 10.0 Å².